The minimum atomic E-state index is -0.504. The molecule has 9 heteroatoms. The van der Waals surface area contributed by atoms with Crippen LogP contribution in [0.3, 0.4) is 0 Å². The predicted octanol–water partition coefficient (Wildman–Crippen LogP) is 2.32. The number of hydrogen-bond acceptors (Lipinski definition) is 6. The van der Waals surface area contributed by atoms with Crippen LogP contribution in [0.25, 0.3) is 0 Å². The molecule has 0 saturated heterocycles. The van der Waals surface area contributed by atoms with E-state index in [1.54, 1.807) is 54.6 Å². The van der Waals surface area contributed by atoms with Crippen molar-refractivity contribution in [1.82, 2.24) is 21.2 Å². The van der Waals surface area contributed by atoms with Crippen molar-refractivity contribution in [3.63, 3.8) is 0 Å². The summed E-state index contributed by atoms with van der Waals surface area (Å²) in [4.78, 5) is 40.2. The van der Waals surface area contributed by atoms with E-state index in [9.17, 15) is 14.4 Å². The molecule has 158 valence electrons. The summed E-state index contributed by atoms with van der Waals surface area (Å²) in [5.74, 6) is -0.0476. The number of carbonyl (C=O) groups excluding carboxylic acids is 3. The van der Waals surface area contributed by atoms with Gasteiger partial charge >= 0.3 is 0 Å². The normalized spacial score (nSPS) is 10.0. The average molecular weight is 420 g/mol. The first-order chi connectivity index (χ1) is 15.0. The molecule has 3 N–H and O–H groups in total. The molecule has 31 heavy (non-hydrogen) atoms. The molecule has 3 aromatic rings. The summed E-state index contributed by atoms with van der Waals surface area (Å²) < 4.78 is 10.8. The molecule has 0 atom stereocenters. The third kappa shape index (κ3) is 5.36. The first kappa shape index (κ1) is 21.3. The van der Waals surface area contributed by atoms with E-state index in [-0.39, 0.29) is 11.6 Å². The van der Waals surface area contributed by atoms with Crippen molar-refractivity contribution < 1.29 is 23.9 Å². The molecule has 9 nitrogen and oxygen atoms in total. The van der Waals surface area contributed by atoms with Gasteiger partial charge in [0.1, 0.15) is 22.9 Å². The van der Waals surface area contributed by atoms with Gasteiger partial charge in [-0.25, -0.2) is 0 Å². The van der Waals surface area contributed by atoms with E-state index >= 15 is 0 Å². The Morgan fingerprint density at radius 1 is 0.839 bits per heavy atom. The SMILES string of the molecule is CNC(=O)c1cc(Oc2ccc(C(=O)NNC(=O)c3ccccc3OC)cc2)ccn1. The van der Waals surface area contributed by atoms with Gasteiger partial charge in [-0.15, -0.1) is 0 Å². The number of nitrogens with zero attached hydrogens (tertiary/aromatic N) is 1. The maximum atomic E-state index is 12.3. The number of nitrogens with one attached hydrogen (secondary N) is 3. The smallest absolute Gasteiger partial charge is 0.273 e. The van der Waals surface area contributed by atoms with Crippen LogP contribution in [0.4, 0.5) is 0 Å². The van der Waals surface area contributed by atoms with Gasteiger partial charge in [-0.05, 0) is 42.5 Å². The lowest BCUT2D eigenvalue weighted by atomic mass is 10.2. The molecule has 0 saturated carbocycles. The molecule has 2 aromatic carbocycles. The fraction of sp³-hybridized carbons (Fsp3) is 0.0909. The Kier molecular flexibility index (Phi) is 6.79. The molecule has 0 bridgehead atoms. The fourth-order valence-electron chi connectivity index (χ4n) is 2.62. The van der Waals surface area contributed by atoms with Gasteiger partial charge in [-0.2, -0.15) is 0 Å². The Hall–Kier alpha value is -4.40. The molecule has 0 spiro atoms. The zero-order valence-electron chi connectivity index (χ0n) is 16.8. The highest BCUT2D eigenvalue weighted by atomic mass is 16.5. The van der Waals surface area contributed by atoms with Gasteiger partial charge in [0.05, 0.1) is 12.7 Å². The van der Waals surface area contributed by atoms with E-state index in [0.29, 0.717) is 28.4 Å². The minimum absolute atomic E-state index is 0.224. The van der Waals surface area contributed by atoms with Crippen LogP contribution in [0.2, 0.25) is 0 Å². The van der Waals surface area contributed by atoms with E-state index < -0.39 is 11.8 Å². The standard InChI is InChI=1S/C22H20N4O5/c1-23-22(29)18-13-16(11-12-24-18)31-15-9-7-14(8-10-15)20(27)25-26-21(28)17-5-3-4-6-19(17)30-2/h3-13H,1-2H3,(H,23,29)(H,25,27)(H,26,28). The van der Waals surface area contributed by atoms with E-state index in [2.05, 4.69) is 21.2 Å². The first-order valence-corrected chi connectivity index (χ1v) is 9.21. The monoisotopic (exact) mass is 420 g/mol. The minimum Gasteiger partial charge on any atom is -0.496 e. The topological polar surface area (TPSA) is 119 Å². The van der Waals surface area contributed by atoms with Crippen LogP contribution in [0.15, 0.2) is 66.9 Å². The molecule has 0 aliphatic heterocycles. The zero-order valence-corrected chi connectivity index (χ0v) is 16.8. The summed E-state index contributed by atoms with van der Waals surface area (Å²) in [7, 11) is 2.97. The lowest BCUT2D eigenvalue weighted by Gasteiger charge is -2.11. The molecular formula is C22H20N4O5. The number of benzene rings is 2. The Bertz CT molecular complexity index is 1100. The van der Waals surface area contributed by atoms with E-state index in [1.165, 1.54) is 26.4 Å². The second kappa shape index (κ2) is 9.88. The quantitative estimate of drug-likeness (QED) is 0.527. The van der Waals surface area contributed by atoms with Crippen LogP contribution in [-0.4, -0.2) is 36.9 Å². The second-order valence-corrected chi connectivity index (χ2v) is 6.19. The summed E-state index contributed by atoms with van der Waals surface area (Å²) in [6.45, 7) is 0. The van der Waals surface area contributed by atoms with Crippen LogP contribution < -0.4 is 25.6 Å². The van der Waals surface area contributed by atoms with Crippen molar-refractivity contribution in [3.8, 4) is 17.2 Å². The highest BCUT2D eigenvalue weighted by molar-refractivity contribution is 6.00. The van der Waals surface area contributed by atoms with Crippen molar-refractivity contribution in [3.05, 3.63) is 83.7 Å². The number of hydrogen-bond donors (Lipinski definition) is 3. The summed E-state index contributed by atoms with van der Waals surface area (Å²) in [5, 5.41) is 2.49. The first-order valence-electron chi connectivity index (χ1n) is 9.21. The summed E-state index contributed by atoms with van der Waals surface area (Å²) in [6, 6.07) is 16.1. The number of rotatable bonds is 6. The Morgan fingerprint density at radius 3 is 2.26 bits per heavy atom. The fourth-order valence-corrected chi connectivity index (χ4v) is 2.62. The number of hydrazine groups is 1. The lowest BCUT2D eigenvalue weighted by Crippen LogP contribution is -2.41. The zero-order chi connectivity index (χ0) is 22.2. The number of carbonyl (C=O) groups is 3. The number of aromatic nitrogens is 1. The van der Waals surface area contributed by atoms with Gasteiger partial charge in [0.15, 0.2) is 0 Å². The Balaban J connectivity index is 1.60. The van der Waals surface area contributed by atoms with Gasteiger partial charge in [0, 0.05) is 24.9 Å². The molecular weight excluding hydrogens is 400 g/mol. The second-order valence-electron chi connectivity index (χ2n) is 6.19. The van der Waals surface area contributed by atoms with Gasteiger partial charge in [0.2, 0.25) is 0 Å². The Labute approximate surface area is 178 Å². The van der Waals surface area contributed by atoms with Crippen LogP contribution in [-0.2, 0) is 0 Å². The van der Waals surface area contributed by atoms with Crippen LogP contribution >= 0.6 is 0 Å². The van der Waals surface area contributed by atoms with Crippen molar-refractivity contribution in [2.24, 2.45) is 0 Å². The largest absolute Gasteiger partial charge is 0.496 e. The maximum Gasteiger partial charge on any atom is 0.273 e. The van der Waals surface area contributed by atoms with E-state index in [1.807, 2.05) is 0 Å². The maximum absolute atomic E-state index is 12.3. The van der Waals surface area contributed by atoms with Crippen molar-refractivity contribution in [1.29, 1.82) is 0 Å². The van der Waals surface area contributed by atoms with Crippen molar-refractivity contribution >= 4 is 17.7 Å². The number of pyridine rings is 1. The third-order valence-corrected chi connectivity index (χ3v) is 4.18. The predicted molar refractivity (Wildman–Crippen MR) is 112 cm³/mol. The third-order valence-electron chi connectivity index (χ3n) is 4.18. The summed E-state index contributed by atoms with van der Waals surface area (Å²) in [6.07, 6.45) is 1.46. The molecule has 0 aliphatic rings. The summed E-state index contributed by atoms with van der Waals surface area (Å²) >= 11 is 0. The molecule has 0 fully saturated rings. The van der Waals surface area contributed by atoms with E-state index in [4.69, 9.17) is 9.47 Å². The van der Waals surface area contributed by atoms with Crippen molar-refractivity contribution in [2.75, 3.05) is 14.2 Å². The lowest BCUT2D eigenvalue weighted by molar-refractivity contribution is 0.0845. The highest BCUT2D eigenvalue weighted by Crippen LogP contribution is 2.22. The molecule has 0 unspecified atom stereocenters. The van der Waals surface area contributed by atoms with Crippen LogP contribution in [0, 0.1) is 0 Å². The number of para-hydroxylation sites is 1. The average Bonchev–Trinajstić information content (AvgIpc) is 2.82. The van der Waals surface area contributed by atoms with E-state index in [0.717, 1.165) is 0 Å². The molecule has 1 aromatic heterocycles. The van der Waals surface area contributed by atoms with Crippen LogP contribution in [0.5, 0.6) is 17.2 Å². The van der Waals surface area contributed by atoms with Gasteiger partial charge in [0.25, 0.3) is 17.7 Å². The number of ether oxygens (including phenoxy) is 2. The van der Waals surface area contributed by atoms with Gasteiger partial charge in [-0.3, -0.25) is 30.2 Å². The van der Waals surface area contributed by atoms with Gasteiger partial charge < -0.3 is 14.8 Å². The number of methoxy groups -OCH3 is 1. The highest BCUT2D eigenvalue weighted by Gasteiger charge is 2.13. The van der Waals surface area contributed by atoms with Crippen molar-refractivity contribution in [2.45, 2.75) is 0 Å². The molecule has 0 radical (unpaired) electrons. The van der Waals surface area contributed by atoms with Gasteiger partial charge in [-0.1, -0.05) is 12.1 Å². The van der Waals surface area contributed by atoms with Crippen LogP contribution in [0.1, 0.15) is 31.2 Å². The molecule has 0 aliphatic carbocycles. The molecule has 3 amide bonds. The Morgan fingerprint density at radius 2 is 1.55 bits per heavy atom. The number of amides is 3. The molecule has 1 heterocycles. The summed E-state index contributed by atoms with van der Waals surface area (Å²) in [5.41, 5.74) is 5.54. The molecule has 3 rings (SSSR count).